The maximum absolute atomic E-state index is 8.52. The van der Waals surface area contributed by atoms with Gasteiger partial charge in [-0.15, -0.1) is 0 Å². The van der Waals surface area contributed by atoms with Gasteiger partial charge in [0.2, 0.25) is 0 Å². The molecule has 0 N–H and O–H groups in total. The van der Waals surface area contributed by atoms with Gasteiger partial charge in [0.1, 0.15) is 0 Å². The van der Waals surface area contributed by atoms with Gasteiger partial charge in [-0.2, -0.15) is 0 Å². The van der Waals surface area contributed by atoms with Gasteiger partial charge in [0.15, 0.2) is 0 Å². The SMILES string of the molecule is O=S(=O)([O-])[O-].[Cu+].[Fe+2]. The Morgan fingerprint density at radius 2 is 1.14 bits per heavy atom. The maximum atomic E-state index is 8.52. The Morgan fingerprint density at radius 3 is 1.14 bits per heavy atom. The first kappa shape index (κ1) is 15.7. The summed E-state index contributed by atoms with van der Waals surface area (Å²) >= 11 is 0. The fourth-order valence-corrected chi connectivity index (χ4v) is 0. The van der Waals surface area contributed by atoms with Crippen LogP contribution in [0.1, 0.15) is 0 Å². The zero-order valence-corrected chi connectivity index (χ0v) is 5.56. The average Bonchev–Trinajstić information content (AvgIpc) is 0.722. The van der Waals surface area contributed by atoms with Crippen LogP contribution in [0, 0.1) is 0 Å². The Kier molecular flexibility index (Phi) is 11.3. The summed E-state index contributed by atoms with van der Waals surface area (Å²) < 4.78 is 34.1. The van der Waals surface area contributed by atoms with E-state index in [1.807, 2.05) is 0 Å². The van der Waals surface area contributed by atoms with E-state index in [1.54, 1.807) is 0 Å². The molecule has 0 bridgehead atoms. The Balaban J connectivity index is -0.0000000800. The van der Waals surface area contributed by atoms with Crippen molar-refractivity contribution in [1.82, 2.24) is 0 Å². The molecule has 7 heavy (non-hydrogen) atoms. The van der Waals surface area contributed by atoms with Crippen LogP contribution in [0.3, 0.4) is 0 Å². The van der Waals surface area contributed by atoms with Gasteiger partial charge in [0, 0.05) is 10.4 Å². The Hall–Kier alpha value is 0.909. The third kappa shape index (κ3) is 202. The molecule has 0 unspecified atom stereocenters. The van der Waals surface area contributed by atoms with Gasteiger partial charge in [-0.25, -0.2) is 0 Å². The molecule has 0 atom stereocenters. The van der Waals surface area contributed by atoms with Crippen molar-refractivity contribution in [2.75, 3.05) is 0 Å². The van der Waals surface area contributed by atoms with E-state index < -0.39 is 10.4 Å². The molecule has 0 radical (unpaired) electrons. The number of hydrogen-bond donors (Lipinski definition) is 0. The van der Waals surface area contributed by atoms with Crippen LogP contribution in [-0.2, 0) is 44.5 Å². The van der Waals surface area contributed by atoms with Crippen molar-refractivity contribution in [2.24, 2.45) is 0 Å². The summed E-state index contributed by atoms with van der Waals surface area (Å²) in [5.74, 6) is 0. The second-order valence-corrected chi connectivity index (χ2v) is 1.22. The molecule has 0 heterocycles. The summed E-state index contributed by atoms with van der Waals surface area (Å²) in [6.45, 7) is 0. The molecule has 0 aliphatic heterocycles. The summed E-state index contributed by atoms with van der Waals surface area (Å²) in [6.07, 6.45) is 0. The summed E-state index contributed by atoms with van der Waals surface area (Å²) in [5.41, 5.74) is 0. The molecule has 7 heteroatoms. The van der Waals surface area contributed by atoms with Crippen LogP contribution in [0.15, 0.2) is 0 Å². The Bertz CT molecular complexity index is 94.9. The molecule has 0 fully saturated rings. The second kappa shape index (κ2) is 5.05. The molecule has 0 spiro atoms. The van der Waals surface area contributed by atoms with E-state index >= 15 is 0 Å². The number of hydrogen-bond acceptors (Lipinski definition) is 4. The van der Waals surface area contributed by atoms with Crippen molar-refractivity contribution < 1.29 is 51.7 Å². The molecule has 0 saturated carbocycles. The van der Waals surface area contributed by atoms with Crippen molar-refractivity contribution >= 4 is 10.4 Å². The van der Waals surface area contributed by atoms with Crippen molar-refractivity contribution in [1.29, 1.82) is 0 Å². The van der Waals surface area contributed by atoms with Crippen LogP contribution in [0.25, 0.3) is 0 Å². The van der Waals surface area contributed by atoms with Crippen LogP contribution in [-0.4, -0.2) is 17.5 Å². The largest absolute Gasteiger partial charge is 2.00 e. The monoisotopic (exact) mass is 215 g/mol. The maximum Gasteiger partial charge on any atom is 2.00 e. The summed E-state index contributed by atoms with van der Waals surface area (Å²) in [7, 11) is -5.17. The minimum absolute atomic E-state index is 0. The molecular formula is CuFeO4S+. The molecular weight excluding hydrogens is 215 g/mol. The molecule has 0 aliphatic rings. The minimum Gasteiger partial charge on any atom is -0.759 e. The predicted molar refractivity (Wildman–Crippen MR) is 10.5 cm³/mol. The van der Waals surface area contributed by atoms with Gasteiger partial charge in [-0.3, -0.25) is 8.42 Å². The zero-order valence-electron chi connectivity index (χ0n) is 2.70. The van der Waals surface area contributed by atoms with E-state index in [0.29, 0.717) is 0 Å². The third-order valence-corrected chi connectivity index (χ3v) is 0. The van der Waals surface area contributed by atoms with E-state index in [4.69, 9.17) is 17.5 Å². The van der Waals surface area contributed by atoms with E-state index in [9.17, 15) is 0 Å². The van der Waals surface area contributed by atoms with Crippen LogP contribution >= 0.6 is 0 Å². The van der Waals surface area contributed by atoms with Crippen LogP contribution in [0.4, 0.5) is 0 Å². The van der Waals surface area contributed by atoms with E-state index in [0.717, 1.165) is 0 Å². The van der Waals surface area contributed by atoms with Gasteiger partial charge >= 0.3 is 34.1 Å². The molecule has 0 aromatic rings. The van der Waals surface area contributed by atoms with E-state index in [-0.39, 0.29) is 34.1 Å². The topological polar surface area (TPSA) is 80.3 Å². The first-order valence-corrected chi connectivity index (χ1v) is 2.00. The van der Waals surface area contributed by atoms with Crippen LogP contribution in [0.2, 0.25) is 0 Å². The second-order valence-electron chi connectivity index (χ2n) is 0.408. The first-order chi connectivity index (χ1) is 2.00. The summed E-state index contributed by atoms with van der Waals surface area (Å²) in [6, 6.07) is 0. The molecule has 4 nitrogen and oxygen atoms in total. The van der Waals surface area contributed by atoms with Gasteiger partial charge in [-0.1, -0.05) is 0 Å². The van der Waals surface area contributed by atoms with Gasteiger partial charge in [-0.05, 0) is 0 Å². The fraction of sp³-hybridized carbons (Fsp3) is 0. The first-order valence-electron chi connectivity index (χ1n) is 0.667. The zero-order chi connectivity index (χ0) is 4.50. The van der Waals surface area contributed by atoms with Crippen molar-refractivity contribution in [3.05, 3.63) is 0 Å². The standard InChI is InChI=1S/Cu.Fe.H2O4S/c;;1-5(2,3)4/h;;(H2,1,2,3,4)/q+1;+2;/p-2. The Labute approximate surface area is 62.2 Å². The molecule has 0 rings (SSSR count). The van der Waals surface area contributed by atoms with Gasteiger partial charge in [0.25, 0.3) is 0 Å². The molecule has 0 aliphatic carbocycles. The summed E-state index contributed by atoms with van der Waals surface area (Å²) in [4.78, 5) is 0. The van der Waals surface area contributed by atoms with Crippen molar-refractivity contribution in [3.63, 3.8) is 0 Å². The smallest absolute Gasteiger partial charge is 0.759 e. The van der Waals surface area contributed by atoms with Crippen LogP contribution in [0.5, 0.6) is 0 Å². The molecule has 0 aromatic carbocycles. The summed E-state index contributed by atoms with van der Waals surface area (Å²) in [5, 5.41) is 0. The van der Waals surface area contributed by atoms with Gasteiger partial charge < -0.3 is 9.11 Å². The van der Waals surface area contributed by atoms with Crippen molar-refractivity contribution in [3.8, 4) is 0 Å². The molecule has 0 aromatic heterocycles. The van der Waals surface area contributed by atoms with E-state index in [1.165, 1.54) is 0 Å². The van der Waals surface area contributed by atoms with Gasteiger partial charge in [0.05, 0.1) is 0 Å². The molecule has 0 amide bonds. The quantitative estimate of drug-likeness (QED) is 0.284. The minimum atomic E-state index is -5.17. The molecule has 0 saturated heterocycles. The fourth-order valence-electron chi connectivity index (χ4n) is 0. The normalized spacial score (nSPS) is 8.29. The van der Waals surface area contributed by atoms with E-state index in [2.05, 4.69) is 0 Å². The van der Waals surface area contributed by atoms with Crippen LogP contribution < -0.4 is 0 Å². The van der Waals surface area contributed by atoms with Crippen molar-refractivity contribution in [2.45, 2.75) is 0 Å². The predicted octanol–water partition coefficient (Wildman–Crippen LogP) is -1.34. The number of rotatable bonds is 0. The third-order valence-electron chi connectivity index (χ3n) is 0. The molecule has 48 valence electrons. The average molecular weight is 215 g/mol. The Morgan fingerprint density at radius 1 is 1.14 bits per heavy atom.